The summed E-state index contributed by atoms with van der Waals surface area (Å²) >= 11 is 0. The molecule has 0 spiro atoms. The Morgan fingerprint density at radius 2 is 1.16 bits per heavy atom. The Bertz CT molecular complexity index is 278. The number of aliphatic carboxylic acids is 2. The molecule has 0 radical (unpaired) electrons. The molecule has 0 aromatic carbocycles. The first kappa shape index (κ1) is 23.5. The summed E-state index contributed by atoms with van der Waals surface area (Å²) in [6.07, 6.45) is -8.35. The molecule has 4 nitrogen and oxygen atoms in total. The van der Waals surface area contributed by atoms with Gasteiger partial charge in [-0.2, -0.15) is 17.6 Å². The van der Waals surface area contributed by atoms with Gasteiger partial charge in [0.1, 0.15) is 5.97 Å². The second kappa shape index (κ2) is 8.53. The third-order valence-electron chi connectivity index (χ3n) is 1.11. The fourth-order valence-corrected chi connectivity index (χ4v) is 0.182. The Morgan fingerprint density at radius 3 is 1.16 bits per heavy atom. The number of carboxylic acids is 2. The van der Waals surface area contributed by atoms with Gasteiger partial charge in [0.2, 0.25) is 0 Å². The molecule has 0 saturated carbocycles. The van der Waals surface area contributed by atoms with Crippen molar-refractivity contribution in [3.63, 3.8) is 0 Å². The van der Waals surface area contributed by atoms with Crippen LogP contribution in [0.5, 0.6) is 0 Å². The second-order valence-corrected chi connectivity index (χ2v) is 2.44. The van der Waals surface area contributed by atoms with Gasteiger partial charge in [0.15, 0.2) is 0 Å². The molecule has 0 aliphatic carbocycles. The fourth-order valence-electron chi connectivity index (χ4n) is 0.182. The standard InChI is InChI=1S/2C3H2F4O2.Na/c2*4-1(5)3(6,7)2(8)9;/h2*1H,(H,8,9);/q;;+1/p-1. The van der Waals surface area contributed by atoms with Crippen molar-refractivity contribution < 1.29 is 84.5 Å². The molecule has 0 unspecified atom stereocenters. The van der Waals surface area contributed by atoms with Crippen LogP contribution in [0.1, 0.15) is 0 Å². The molecular weight excluding hydrogens is 311 g/mol. The van der Waals surface area contributed by atoms with Gasteiger partial charge in [-0.1, -0.05) is 0 Å². The summed E-state index contributed by atoms with van der Waals surface area (Å²) in [5, 5.41) is 16.5. The van der Waals surface area contributed by atoms with Gasteiger partial charge in [0, 0.05) is 0 Å². The SMILES string of the molecule is O=C(O)C(F)(F)C(F)F.O=C([O-])C(F)(F)C(F)F.[Na+]. The largest absolute Gasteiger partial charge is 1.00 e. The number of hydrogen-bond acceptors (Lipinski definition) is 3. The Kier molecular flexibility index (Phi) is 10.5. The summed E-state index contributed by atoms with van der Waals surface area (Å²) in [7, 11) is 0. The van der Waals surface area contributed by atoms with Crippen LogP contribution < -0.4 is 34.7 Å². The van der Waals surface area contributed by atoms with Crippen LogP contribution in [0.25, 0.3) is 0 Å². The van der Waals surface area contributed by atoms with Crippen LogP contribution in [-0.2, 0) is 9.59 Å². The van der Waals surface area contributed by atoms with Crippen LogP contribution in [-0.4, -0.2) is 41.7 Å². The number of carbonyl (C=O) groups is 2. The molecule has 0 aromatic heterocycles. The molecule has 108 valence electrons. The van der Waals surface area contributed by atoms with E-state index in [1.807, 2.05) is 0 Å². The molecule has 0 rings (SSSR count). The van der Waals surface area contributed by atoms with Crippen LogP contribution in [0.4, 0.5) is 35.1 Å². The Balaban J connectivity index is -0.000000256. The van der Waals surface area contributed by atoms with Crippen molar-refractivity contribution in [1.29, 1.82) is 0 Å². The van der Waals surface area contributed by atoms with Gasteiger partial charge in [0.25, 0.3) is 0 Å². The van der Waals surface area contributed by atoms with E-state index in [4.69, 9.17) is 15.0 Å². The topological polar surface area (TPSA) is 77.4 Å². The van der Waals surface area contributed by atoms with Gasteiger partial charge in [-0.25, -0.2) is 22.4 Å². The van der Waals surface area contributed by atoms with Crippen LogP contribution in [0.3, 0.4) is 0 Å². The fraction of sp³-hybridized carbons (Fsp3) is 0.667. The van der Waals surface area contributed by atoms with Crippen molar-refractivity contribution >= 4 is 11.9 Å². The third kappa shape index (κ3) is 7.52. The maximum absolute atomic E-state index is 11.3. The van der Waals surface area contributed by atoms with E-state index in [1.54, 1.807) is 0 Å². The van der Waals surface area contributed by atoms with Gasteiger partial charge < -0.3 is 15.0 Å². The second-order valence-electron chi connectivity index (χ2n) is 2.44. The zero-order chi connectivity index (χ0) is 15.3. The van der Waals surface area contributed by atoms with Gasteiger partial charge in [-0.05, 0) is 0 Å². The van der Waals surface area contributed by atoms with E-state index in [1.165, 1.54) is 0 Å². The monoisotopic (exact) mass is 314 g/mol. The molecule has 0 heterocycles. The van der Waals surface area contributed by atoms with Crippen molar-refractivity contribution in [3.05, 3.63) is 0 Å². The molecule has 1 N–H and O–H groups in total. The molecule has 0 amide bonds. The zero-order valence-electron chi connectivity index (χ0n) is 8.85. The first-order valence-corrected chi connectivity index (χ1v) is 3.54. The van der Waals surface area contributed by atoms with E-state index in [0.29, 0.717) is 0 Å². The summed E-state index contributed by atoms with van der Waals surface area (Å²) in [5.41, 5.74) is 0. The van der Waals surface area contributed by atoms with Gasteiger partial charge in [0.05, 0.1) is 0 Å². The summed E-state index contributed by atoms with van der Waals surface area (Å²) in [4.78, 5) is 18.4. The van der Waals surface area contributed by atoms with Crippen molar-refractivity contribution in [2.75, 3.05) is 0 Å². The molecule has 0 aliphatic heterocycles. The van der Waals surface area contributed by atoms with Gasteiger partial charge >= 0.3 is 60.2 Å². The normalized spacial score (nSPS) is 11.5. The predicted molar refractivity (Wildman–Crippen MR) is 34.5 cm³/mol. The summed E-state index contributed by atoms with van der Waals surface area (Å²) in [5.74, 6) is -15.8. The number of hydrogen-bond donors (Lipinski definition) is 1. The molecule has 0 aromatic rings. The van der Waals surface area contributed by atoms with E-state index in [-0.39, 0.29) is 29.6 Å². The maximum atomic E-state index is 11.3. The smallest absolute Gasteiger partial charge is 0.544 e. The van der Waals surface area contributed by atoms with E-state index >= 15 is 0 Å². The van der Waals surface area contributed by atoms with Gasteiger partial charge in [-0.15, -0.1) is 0 Å². The van der Waals surface area contributed by atoms with Crippen molar-refractivity contribution in [2.45, 2.75) is 24.7 Å². The minimum atomic E-state index is -5.03. The molecule has 19 heavy (non-hydrogen) atoms. The molecule has 0 saturated heterocycles. The Hall–Kier alpha value is -0.620. The summed E-state index contributed by atoms with van der Waals surface area (Å²) in [6, 6.07) is 0. The quantitative estimate of drug-likeness (QED) is 0.464. The molecule has 13 heteroatoms. The third-order valence-corrected chi connectivity index (χ3v) is 1.11. The number of carbonyl (C=O) groups excluding carboxylic acids is 1. The van der Waals surface area contributed by atoms with E-state index in [0.717, 1.165) is 0 Å². The van der Waals surface area contributed by atoms with Gasteiger partial charge in [-0.3, -0.25) is 0 Å². The van der Waals surface area contributed by atoms with Crippen LogP contribution in [0, 0.1) is 0 Å². The molecule has 0 atom stereocenters. The molecule has 0 fully saturated rings. The van der Waals surface area contributed by atoms with Crippen molar-refractivity contribution in [1.82, 2.24) is 0 Å². The van der Waals surface area contributed by atoms with E-state index in [9.17, 15) is 39.9 Å². The van der Waals surface area contributed by atoms with E-state index in [2.05, 4.69) is 0 Å². The Labute approximate surface area is 121 Å². The van der Waals surface area contributed by atoms with Crippen LogP contribution >= 0.6 is 0 Å². The predicted octanol–water partition coefficient (Wildman–Crippen LogP) is -2.39. The number of alkyl halides is 8. The minimum absolute atomic E-state index is 0. The number of halogens is 8. The van der Waals surface area contributed by atoms with Crippen LogP contribution in [0.2, 0.25) is 0 Å². The summed E-state index contributed by atoms with van der Waals surface area (Å²) < 4.78 is 88.8. The summed E-state index contributed by atoms with van der Waals surface area (Å²) in [6.45, 7) is 0. The molecule has 0 bridgehead atoms. The zero-order valence-corrected chi connectivity index (χ0v) is 10.9. The molecule has 0 aliphatic rings. The van der Waals surface area contributed by atoms with Crippen LogP contribution in [0.15, 0.2) is 0 Å². The number of rotatable bonds is 4. The first-order chi connectivity index (χ1) is 7.77. The Morgan fingerprint density at radius 1 is 0.895 bits per heavy atom. The average Bonchev–Trinajstić information content (AvgIpc) is 2.17. The first-order valence-electron chi connectivity index (χ1n) is 3.54. The minimum Gasteiger partial charge on any atom is -0.544 e. The average molecular weight is 314 g/mol. The molecular formula is C6H3F8NaO4. The maximum Gasteiger partial charge on any atom is 1.00 e. The number of carboxylic acid groups (broad SMARTS) is 2. The van der Waals surface area contributed by atoms with Crippen molar-refractivity contribution in [3.8, 4) is 0 Å². The van der Waals surface area contributed by atoms with Crippen molar-refractivity contribution in [2.24, 2.45) is 0 Å². The van der Waals surface area contributed by atoms with E-state index < -0.39 is 36.6 Å².